The van der Waals surface area contributed by atoms with E-state index in [1.54, 1.807) is 13.1 Å². The molecule has 2 aliphatic rings. The van der Waals surface area contributed by atoms with Crippen LogP contribution in [0, 0.1) is 0 Å². The lowest BCUT2D eigenvalue weighted by Gasteiger charge is -2.23. The van der Waals surface area contributed by atoms with Crippen LogP contribution in [0.4, 0.5) is 0 Å². The molecule has 3 unspecified atom stereocenters. The van der Waals surface area contributed by atoms with Crippen LogP contribution in [-0.2, 0) is 4.74 Å². The van der Waals surface area contributed by atoms with Gasteiger partial charge in [-0.25, -0.2) is 0 Å². The van der Waals surface area contributed by atoms with E-state index in [-0.39, 0.29) is 29.9 Å². The molecule has 1 fully saturated rings. The van der Waals surface area contributed by atoms with Crippen LogP contribution in [0.25, 0.3) is 0 Å². The van der Waals surface area contributed by atoms with Crippen LogP contribution < -0.4 is 20.7 Å². The van der Waals surface area contributed by atoms with Crippen molar-refractivity contribution in [3.8, 4) is 5.75 Å². The van der Waals surface area contributed by atoms with Crippen molar-refractivity contribution < 1.29 is 19.1 Å². The predicted molar refractivity (Wildman–Crippen MR) is 122 cm³/mol. The molecule has 3 atom stereocenters. The quantitative estimate of drug-likeness (QED) is 0.579. The van der Waals surface area contributed by atoms with Gasteiger partial charge in [-0.2, -0.15) is 0 Å². The minimum Gasteiger partial charge on any atom is -0.489 e. The summed E-state index contributed by atoms with van der Waals surface area (Å²) >= 11 is 0. The second-order valence-corrected chi connectivity index (χ2v) is 8.33. The first-order chi connectivity index (χ1) is 15.6. The van der Waals surface area contributed by atoms with Crippen LogP contribution in [0.3, 0.4) is 0 Å². The highest BCUT2D eigenvalue weighted by molar-refractivity contribution is 6.02. The van der Waals surface area contributed by atoms with Gasteiger partial charge in [-0.15, -0.1) is 0 Å². The van der Waals surface area contributed by atoms with E-state index in [2.05, 4.69) is 16.0 Å². The van der Waals surface area contributed by atoms with Crippen LogP contribution in [-0.4, -0.2) is 57.3 Å². The van der Waals surface area contributed by atoms with Gasteiger partial charge in [-0.3, -0.25) is 9.59 Å². The topological polar surface area (TPSA) is 88.7 Å². The number of nitrogens with one attached hydrogen (secondary N) is 3. The summed E-state index contributed by atoms with van der Waals surface area (Å²) in [5.74, 6) is 0.0632. The third-order valence-corrected chi connectivity index (χ3v) is 6.11. The SMILES string of the molecule is CNC(=O)c1cc(C(=O)NCCCC2CNCCO2)cc2c1OC(C)C2c1ccccc1. The Balaban J connectivity index is 1.53. The average molecular weight is 438 g/mol. The molecule has 0 aliphatic carbocycles. The van der Waals surface area contributed by atoms with Crippen LogP contribution in [0.5, 0.6) is 5.75 Å². The number of morpholine rings is 1. The van der Waals surface area contributed by atoms with E-state index in [1.807, 2.05) is 43.3 Å². The fraction of sp³-hybridized carbons (Fsp3) is 0.440. The summed E-state index contributed by atoms with van der Waals surface area (Å²) in [7, 11) is 1.58. The highest BCUT2D eigenvalue weighted by Gasteiger charge is 2.36. The molecule has 1 saturated heterocycles. The molecule has 0 aromatic heterocycles. The Labute approximate surface area is 188 Å². The van der Waals surface area contributed by atoms with Crippen molar-refractivity contribution >= 4 is 11.8 Å². The summed E-state index contributed by atoms with van der Waals surface area (Å²) in [4.78, 5) is 25.5. The Hall–Kier alpha value is -2.90. The number of fused-ring (bicyclic) bond motifs is 1. The summed E-state index contributed by atoms with van der Waals surface area (Å²) in [6.45, 7) is 5.03. The van der Waals surface area contributed by atoms with E-state index in [0.29, 0.717) is 23.4 Å². The number of rotatable bonds is 7. The monoisotopic (exact) mass is 437 g/mol. The molecule has 3 N–H and O–H groups in total. The Morgan fingerprint density at radius 1 is 1.16 bits per heavy atom. The molecule has 4 rings (SSSR count). The smallest absolute Gasteiger partial charge is 0.254 e. The first kappa shape index (κ1) is 22.3. The fourth-order valence-electron chi connectivity index (χ4n) is 4.50. The minimum absolute atomic E-state index is 0.0432. The van der Waals surface area contributed by atoms with Gasteiger partial charge in [-0.05, 0) is 37.5 Å². The number of hydrogen-bond acceptors (Lipinski definition) is 5. The Morgan fingerprint density at radius 2 is 1.97 bits per heavy atom. The van der Waals surface area contributed by atoms with Crippen molar-refractivity contribution in [3.63, 3.8) is 0 Å². The molecule has 2 amide bonds. The molecular formula is C25H31N3O4. The van der Waals surface area contributed by atoms with E-state index in [1.165, 1.54) is 0 Å². The molecule has 0 saturated carbocycles. The molecule has 170 valence electrons. The second kappa shape index (κ2) is 10.1. The summed E-state index contributed by atoms with van der Waals surface area (Å²) in [6.07, 6.45) is 1.78. The molecule has 2 heterocycles. The van der Waals surface area contributed by atoms with Gasteiger partial charge in [-0.1, -0.05) is 30.3 Å². The molecule has 7 heteroatoms. The summed E-state index contributed by atoms with van der Waals surface area (Å²) in [5, 5.41) is 8.97. The lowest BCUT2D eigenvalue weighted by Crippen LogP contribution is -2.38. The first-order valence-electron chi connectivity index (χ1n) is 11.3. The van der Waals surface area contributed by atoms with Crippen LogP contribution in [0.1, 0.15) is 57.5 Å². The lowest BCUT2D eigenvalue weighted by molar-refractivity contribution is 0.0225. The molecule has 2 aliphatic heterocycles. The van der Waals surface area contributed by atoms with E-state index < -0.39 is 0 Å². The van der Waals surface area contributed by atoms with Crippen molar-refractivity contribution in [3.05, 3.63) is 64.7 Å². The van der Waals surface area contributed by atoms with Gasteiger partial charge >= 0.3 is 0 Å². The maximum Gasteiger partial charge on any atom is 0.254 e. The standard InChI is InChI=1S/C25H31N3O4/c1-16-22(17-7-4-3-5-8-17)20-13-18(14-21(23(20)32-16)25(30)26-2)24(29)28-10-6-9-19-15-27-11-12-31-19/h3-5,7-8,13-14,16,19,22,27H,6,9-12,15H2,1-2H3,(H,26,30)(H,28,29). The minimum atomic E-state index is -0.265. The molecule has 2 aromatic carbocycles. The molecule has 0 radical (unpaired) electrons. The normalized spacial score (nSPS) is 22.0. The third-order valence-electron chi connectivity index (χ3n) is 6.11. The summed E-state index contributed by atoms with van der Waals surface area (Å²) in [6, 6.07) is 13.5. The Bertz CT molecular complexity index is 957. The van der Waals surface area contributed by atoms with E-state index in [0.717, 1.165) is 43.7 Å². The number of hydrogen-bond donors (Lipinski definition) is 3. The summed E-state index contributed by atoms with van der Waals surface area (Å²) in [5.41, 5.74) is 2.83. The predicted octanol–water partition coefficient (Wildman–Crippen LogP) is 2.46. The molecule has 0 bridgehead atoms. The number of benzene rings is 2. The largest absolute Gasteiger partial charge is 0.489 e. The van der Waals surface area contributed by atoms with Gasteiger partial charge in [0.2, 0.25) is 0 Å². The van der Waals surface area contributed by atoms with Crippen molar-refractivity contribution in [1.82, 2.24) is 16.0 Å². The third kappa shape index (κ3) is 4.79. The van der Waals surface area contributed by atoms with E-state index >= 15 is 0 Å². The lowest BCUT2D eigenvalue weighted by atomic mass is 9.87. The number of amides is 2. The van der Waals surface area contributed by atoms with Crippen molar-refractivity contribution in [1.29, 1.82) is 0 Å². The van der Waals surface area contributed by atoms with Crippen LogP contribution >= 0.6 is 0 Å². The fourth-order valence-corrected chi connectivity index (χ4v) is 4.50. The highest BCUT2D eigenvalue weighted by Crippen LogP contribution is 2.44. The zero-order valence-corrected chi connectivity index (χ0v) is 18.6. The van der Waals surface area contributed by atoms with Crippen molar-refractivity contribution in [2.45, 2.75) is 37.9 Å². The van der Waals surface area contributed by atoms with E-state index in [4.69, 9.17) is 9.47 Å². The molecular weight excluding hydrogens is 406 g/mol. The molecule has 32 heavy (non-hydrogen) atoms. The molecule has 2 aromatic rings. The average Bonchev–Trinajstić information content (AvgIpc) is 3.17. The van der Waals surface area contributed by atoms with Crippen molar-refractivity contribution in [2.75, 3.05) is 33.3 Å². The van der Waals surface area contributed by atoms with Gasteiger partial charge in [0, 0.05) is 43.7 Å². The maximum atomic E-state index is 13.0. The molecule has 0 spiro atoms. The van der Waals surface area contributed by atoms with Gasteiger partial charge in [0.15, 0.2) is 0 Å². The zero-order valence-electron chi connectivity index (χ0n) is 18.6. The van der Waals surface area contributed by atoms with Crippen molar-refractivity contribution in [2.24, 2.45) is 0 Å². The summed E-state index contributed by atoms with van der Waals surface area (Å²) < 4.78 is 11.8. The number of carbonyl (C=O) groups is 2. The van der Waals surface area contributed by atoms with Gasteiger partial charge in [0.05, 0.1) is 18.3 Å². The number of carbonyl (C=O) groups excluding carboxylic acids is 2. The Morgan fingerprint density at radius 3 is 2.69 bits per heavy atom. The molecule has 7 nitrogen and oxygen atoms in total. The van der Waals surface area contributed by atoms with E-state index in [9.17, 15) is 9.59 Å². The van der Waals surface area contributed by atoms with Crippen LogP contribution in [0.15, 0.2) is 42.5 Å². The Kier molecular flexibility index (Phi) is 7.07. The maximum absolute atomic E-state index is 13.0. The zero-order chi connectivity index (χ0) is 22.5. The number of ether oxygens (including phenoxy) is 2. The highest BCUT2D eigenvalue weighted by atomic mass is 16.5. The van der Waals surface area contributed by atoms with Crippen LogP contribution in [0.2, 0.25) is 0 Å². The second-order valence-electron chi connectivity index (χ2n) is 8.33. The first-order valence-corrected chi connectivity index (χ1v) is 11.3. The van der Waals surface area contributed by atoms with Gasteiger partial charge in [0.1, 0.15) is 11.9 Å². The van der Waals surface area contributed by atoms with Gasteiger partial charge < -0.3 is 25.4 Å². The van der Waals surface area contributed by atoms with Gasteiger partial charge in [0.25, 0.3) is 11.8 Å².